The minimum absolute atomic E-state index is 0.216. The molecule has 0 saturated heterocycles. The molecule has 0 aliphatic carbocycles. The number of methoxy groups -OCH3 is 1. The third kappa shape index (κ3) is 3.37. The van der Waals surface area contributed by atoms with Crippen molar-refractivity contribution < 1.29 is 4.74 Å². The van der Waals surface area contributed by atoms with Gasteiger partial charge in [0, 0.05) is 17.8 Å². The van der Waals surface area contributed by atoms with Crippen LogP contribution in [-0.4, -0.2) is 19.2 Å². The van der Waals surface area contributed by atoms with Crippen molar-refractivity contribution in [2.24, 2.45) is 5.73 Å². The zero-order chi connectivity index (χ0) is 13.2. The van der Waals surface area contributed by atoms with Gasteiger partial charge in [-0.1, -0.05) is 0 Å². The molecule has 0 unspecified atom stereocenters. The normalized spacial score (nSPS) is 11.5. The first-order chi connectivity index (χ1) is 7.76. The van der Waals surface area contributed by atoms with Crippen LogP contribution in [0, 0.1) is 20.8 Å². The highest BCUT2D eigenvalue weighted by Gasteiger charge is 2.14. The maximum absolute atomic E-state index is 5.99. The molecule has 0 amide bonds. The number of hydrogen-bond acceptors (Lipinski definition) is 3. The third-order valence-corrected chi connectivity index (χ3v) is 2.99. The van der Waals surface area contributed by atoms with E-state index in [1.54, 1.807) is 7.11 Å². The number of benzene rings is 1. The Morgan fingerprint density at radius 2 is 1.82 bits per heavy atom. The van der Waals surface area contributed by atoms with Crippen LogP contribution in [0.3, 0.4) is 0 Å². The summed E-state index contributed by atoms with van der Waals surface area (Å²) in [6, 6.07) is 2.06. The third-order valence-electron chi connectivity index (χ3n) is 2.99. The summed E-state index contributed by atoms with van der Waals surface area (Å²) in [6.07, 6.45) is 0. The lowest BCUT2D eigenvalue weighted by atomic mass is 10.0. The van der Waals surface area contributed by atoms with E-state index >= 15 is 0 Å². The average Bonchev–Trinajstić information content (AvgIpc) is 2.21. The van der Waals surface area contributed by atoms with E-state index in [0.29, 0.717) is 0 Å². The molecule has 0 saturated carbocycles. The molecule has 0 atom stereocenters. The largest absolute Gasteiger partial charge is 0.496 e. The second-order valence-corrected chi connectivity index (χ2v) is 5.36. The molecule has 1 aromatic rings. The van der Waals surface area contributed by atoms with Gasteiger partial charge in [-0.3, -0.25) is 0 Å². The van der Waals surface area contributed by atoms with Gasteiger partial charge in [0.2, 0.25) is 0 Å². The minimum Gasteiger partial charge on any atom is -0.496 e. The first-order valence-corrected chi connectivity index (χ1v) is 5.94. The molecule has 1 rings (SSSR count). The van der Waals surface area contributed by atoms with Gasteiger partial charge in [0.25, 0.3) is 0 Å². The minimum atomic E-state index is -0.216. The number of rotatable bonds is 4. The van der Waals surface area contributed by atoms with E-state index in [4.69, 9.17) is 10.5 Å². The smallest absolute Gasteiger partial charge is 0.122 e. The highest BCUT2D eigenvalue weighted by atomic mass is 16.5. The molecule has 0 radical (unpaired) electrons. The summed E-state index contributed by atoms with van der Waals surface area (Å²) in [5, 5.41) is 3.43. The fourth-order valence-electron chi connectivity index (χ4n) is 1.85. The quantitative estimate of drug-likeness (QED) is 0.845. The predicted molar refractivity (Wildman–Crippen MR) is 74.0 cm³/mol. The molecule has 1 aromatic carbocycles. The van der Waals surface area contributed by atoms with E-state index in [0.717, 1.165) is 12.3 Å². The van der Waals surface area contributed by atoms with Crippen LogP contribution in [0.15, 0.2) is 6.07 Å². The molecule has 3 N–H and O–H groups in total. The number of anilines is 1. The average molecular weight is 236 g/mol. The molecule has 0 bridgehead atoms. The van der Waals surface area contributed by atoms with Crippen molar-refractivity contribution in [1.82, 2.24) is 0 Å². The number of ether oxygens (including phenoxy) is 1. The van der Waals surface area contributed by atoms with Gasteiger partial charge in [0.15, 0.2) is 0 Å². The Morgan fingerprint density at radius 1 is 1.24 bits per heavy atom. The Morgan fingerprint density at radius 3 is 2.29 bits per heavy atom. The van der Waals surface area contributed by atoms with Gasteiger partial charge >= 0.3 is 0 Å². The molecule has 0 aliphatic rings. The van der Waals surface area contributed by atoms with Crippen molar-refractivity contribution in [1.29, 1.82) is 0 Å². The first-order valence-electron chi connectivity index (χ1n) is 5.94. The number of nitrogens with one attached hydrogen (secondary N) is 1. The van der Waals surface area contributed by atoms with Crippen molar-refractivity contribution in [2.45, 2.75) is 40.2 Å². The van der Waals surface area contributed by atoms with E-state index in [2.05, 4.69) is 32.2 Å². The Labute approximate surface area is 104 Å². The fraction of sp³-hybridized carbons (Fsp3) is 0.571. The summed E-state index contributed by atoms with van der Waals surface area (Å²) in [7, 11) is 1.71. The summed E-state index contributed by atoms with van der Waals surface area (Å²) in [5.41, 5.74) is 10.5. The Kier molecular flexibility index (Phi) is 4.04. The summed E-state index contributed by atoms with van der Waals surface area (Å²) in [4.78, 5) is 0. The van der Waals surface area contributed by atoms with Gasteiger partial charge in [0.05, 0.1) is 7.11 Å². The van der Waals surface area contributed by atoms with Crippen LogP contribution in [-0.2, 0) is 0 Å². The van der Waals surface area contributed by atoms with E-state index in [-0.39, 0.29) is 5.54 Å². The van der Waals surface area contributed by atoms with Crippen LogP contribution in [0.4, 0.5) is 5.69 Å². The van der Waals surface area contributed by atoms with Gasteiger partial charge in [-0.2, -0.15) is 0 Å². The predicted octanol–water partition coefficient (Wildman–Crippen LogP) is 2.77. The van der Waals surface area contributed by atoms with Gasteiger partial charge < -0.3 is 15.8 Å². The van der Waals surface area contributed by atoms with Gasteiger partial charge in [-0.05, 0) is 57.4 Å². The van der Waals surface area contributed by atoms with Crippen LogP contribution >= 0.6 is 0 Å². The Hall–Kier alpha value is -1.22. The van der Waals surface area contributed by atoms with E-state index in [1.165, 1.54) is 22.4 Å². The second kappa shape index (κ2) is 4.96. The second-order valence-electron chi connectivity index (χ2n) is 5.36. The van der Waals surface area contributed by atoms with Gasteiger partial charge in [-0.15, -0.1) is 0 Å². The number of hydrogen-bond donors (Lipinski definition) is 2. The van der Waals surface area contributed by atoms with Crippen molar-refractivity contribution in [2.75, 3.05) is 19.0 Å². The lowest BCUT2D eigenvalue weighted by Crippen LogP contribution is -2.39. The maximum Gasteiger partial charge on any atom is 0.122 e. The molecule has 0 fully saturated rings. The lowest BCUT2D eigenvalue weighted by molar-refractivity contribution is 0.411. The standard InChI is InChI=1S/C14H24N2O/c1-9-7-12(17-6)10(2)11(3)13(9)16-8-14(4,5)15/h7,16H,8,15H2,1-6H3. The van der Waals surface area contributed by atoms with Crippen LogP contribution in [0.25, 0.3) is 0 Å². The monoisotopic (exact) mass is 236 g/mol. The molecular weight excluding hydrogens is 212 g/mol. The maximum atomic E-state index is 5.99. The van der Waals surface area contributed by atoms with Crippen LogP contribution in [0.2, 0.25) is 0 Å². The summed E-state index contributed by atoms with van der Waals surface area (Å²) in [6.45, 7) is 11.0. The zero-order valence-electron chi connectivity index (χ0n) is 11.8. The van der Waals surface area contributed by atoms with E-state index in [1.807, 2.05) is 13.8 Å². The Bertz CT molecular complexity index is 406. The summed E-state index contributed by atoms with van der Waals surface area (Å²) < 4.78 is 5.35. The fourth-order valence-corrected chi connectivity index (χ4v) is 1.85. The van der Waals surface area contributed by atoms with Crippen molar-refractivity contribution in [3.05, 3.63) is 22.8 Å². The molecule has 96 valence electrons. The first kappa shape index (κ1) is 13.8. The highest BCUT2D eigenvalue weighted by Crippen LogP contribution is 2.31. The topological polar surface area (TPSA) is 47.3 Å². The van der Waals surface area contributed by atoms with Gasteiger partial charge in [0.1, 0.15) is 5.75 Å². The van der Waals surface area contributed by atoms with Crippen LogP contribution in [0.5, 0.6) is 5.75 Å². The van der Waals surface area contributed by atoms with Gasteiger partial charge in [-0.25, -0.2) is 0 Å². The molecule has 17 heavy (non-hydrogen) atoms. The number of aryl methyl sites for hydroxylation is 1. The molecule has 3 heteroatoms. The highest BCUT2D eigenvalue weighted by molar-refractivity contribution is 5.63. The molecule has 3 nitrogen and oxygen atoms in total. The van der Waals surface area contributed by atoms with Crippen molar-refractivity contribution in [3.8, 4) is 5.75 Å². The van der Waals surface area contributed by atoms with Crippen molar-refractivity contribution >= 4 is 5.69 Å². The molecule has 0 spiro atoms. The van der Waals surface area contributed by atoms with E-state index < -0.39 is 0 Å². The van der Waals surface area contributed by atoms with E-state index in [9.17, 15) is 0 Å². The molecular formula is C14H24N2O. The summed E-state index contributed by atoms with van der Waals surface area (Å²) >= 11 is 0. The SMILES string of the molecule is COc1cc(C)c(NCC(C)(C)N)c(C)c1C. The summed E-state index contributed by atoms with van der Waals surface area (Å²) in [5.74, 6) is 0.942. The molecule has 0 aromatic heterocycles. The zero-order valence-corrected chi connectivity index (χ0v) is 11.8. The van der Waals surface area contributed by atoms with Crippen LogP contribution < -0.4 is 15.8 Å². The Balaban J connectivity index is 3.05. The van der Waals surface area contributed by atoms with Crippen LogP contribution in [0.1, 0.15) is 30.5 Å². The number of nitrogens with two attached hydrogens (primary N) is 1. The molecule has 0 aliphatic heterocycles. The molecule has 0 heterocycles. The van der Waals surface area contributed by atoms with Crippen molar-refractivity contribution in [3.63, 3.8) is 0 Å². The lowest BCUT2D eigenvalue weighted by Gasteiger charge is -2.23.